The SMILES string of the molecule is CCc1ccc(C2N(C)c3ccccc3C(=O)N2c2ccccc2OC)s1. The molecular weight excluding hydrogens is 356 g/mol. The molecule has 0 saturated heterocycles. The zero-order chi connectivity index (χ0) is 19.0. The topological polar surface area (TPSA) is 32.8 Å². The molecule has 0 aliphatic carbocycles. The lowest BCUT2D eigenvalue weighted by atomic mass is 10.0. The molecule has 1 aliphatic heterocycles. The zero-order valence-corrected chi connectivity index (χ0v) is 16.5. The summed E-state index contributed by atoms with van der Waals surface area (Å²) in [7, 11) is 3.68. The number of para-hydroxylation sites is 3. The van der Waals surface area contributed by atoms with Crippen molar-refractivity contribution in [2.45, 2.75) is 19.5 Å². The maximum atomic E-state index is 13.5. The Morgan fingerprint density at radius 1 is 1.00 bits per heavy atom. The molecule has 3 aromatic rings. The Hall–Kier alpha value is -2.79. The van der Waals surface area contributed by atoms with E-state index in [2.05, 4.69) is 24.0 Å². The summed E-state index contributed by atoms with van der Waals surface area (Å²) in [6, 6.07) is 19.8. The van der Waals surface area contributed by atoms with E-state index in [1.807, 2.05) is 60.5 Å². The van der Waals surface area contributed by atoms with Gasteiger partial charge in [0.15, 0.2) is 0 Å². The molecule has 5 heteroatoms. The summed E-state index contributed by atoms with van der Waals surface area (Å²) in [6.07, 6.45) is 0.773. The Bertz CT molecular complexity index is 982. The van der Waals surface area contributed by atoms with Crippen LogP contribution in [-0.2, 0) is 6.42 Å². The zero-order valence-electron chi connectivity index (χ0n) is 15.7. The molecule has 0 fully saturated rings. The number of hydrogen-bond acceptors (Lipinski definition) is 4. The fourth-order valence-electron chi connectivity index (χ4n) is 3.62. The van der Waals surface area contributed by atoms with Gasteiger partial charge >= 0.3 is 0 Å². The van der Waals surface area contributed by atoms with Crippen molar-refractivity contribution in [3.8, 4) is 5.75 Å². The van der Waals surface area contributed by atoms with Crippen LogP contribution in [0.1, 0.15) is 33.2 Å². The molecule has 1 atom stereocenters. The number of ether oxygens (including phenoxy) is 1. The molecule has 2 aromatic carbocycles. The van der Waals surface area contributed by atoms with Crippen molar-refractivity contribution in [1.82, 2.24) is 0 Å². The van der Waals surface area contributed by atoms with E-state index < -0.39 is 0 Å². The number of carbonyl (C=O) groups excluding carboxylic acids is 1. The van der Waals surface area contributed by atoms with E-state index in [1.54, 1.807) is 18.4 Å². The second-order valence-electron chi connectivity index (χ2n) is 6.51. The quantitative estimate of drug-likeness (QED) is 0.632. The number of fused-ring (bicyclic) bond motifs is 1. The molecule has 4 nitrogen and oxygen atoms in total. The lowest BCUT2D eigenvalue weighted by Crippen LogP contribution is -2.48. The van der Waals surface area contributed by atoms with Crippen molar-refractivity contribution in [3.05, 3.63) is 76.0 Å². The highest BCUT2D eigenvalue weighted by Gasteiger charge is 2.39. The monoisotopic (exact) mass is 378 g/mol. The van der Waals surface area contributed by atoms with Crippen LogP contribution in [0.4, 0.5) is 11.4 Å². The van der Waals surface area contributed by atoms with Crippen LogP contribution < -0.4 is 14.5 Å². The molecule has 27 heavy (non-hydrogen) atoms. The van der Waals surface area contributed by atoms with E-state index in [1.165, 1.54) is 4.88 Å². The molecule has 0 saturated carbocycles. The lowest BCUT2D eigenvalue weighted by Gasteiger charge is -2.43. The number of amides is 1. The molecule has 0 N–H and O–H groups in total. The smallest absolute Gasteiger partial charge is 0.262 e. The number of carbonyl (C=O) groups is 1. The van der Waals surface area contributed by atoms with Gasteiger partial charge in [-0.15, -0.1) is 11.3 Å². The summed E-state index contributed by atoms with van der Waals surface area (Å²) in [5.41, 5.74) is 2.43. The summed E-state index contributed by atoms with van der Waals surface area (Å²) >= 11 is 1.76. The van der Waals surface area contributed by atoms with Gasteiger partial charge < -0.3 is 9.64 Å². The molecule has 1 aliphatic rings. The highest BCUT2D eigenvalue weighted by atomic mass is 32.1. The third-order valence-electron chi connectivity index (χ3n) is 4.97. The average molecular weight is 378 g/mol. The number of benzene rings is 2. The van der Waals surface area contributed by atoms with Crippen LogP contribution in [0.15, 0.2) is 60.7 Å². The molecule has 0 bridgehead atoms. The van der Waals surface area contributed by atoms with Gasteiger partial charge in [0, 0.05) is 16.8 Å². The van der Waals surface area contributed by atoms with Crippen molar-refractivity contribution in [1.29, 1.82) is 0 Å². The minimum Gasteiger partial charge on any atom is -0.495 e. The average Bonchev–Trinajstić information content (AvgIpc) is 3.19. The number of thiophene rings is 1. The van der Waals surface area contributed by atoms with Gasteiger partial charge in [-0.3, -0.25) is 9.69 Å². The normalized spacial score (nSPS) is 16.4. The Labute approximate surface area is 163 Å². The number of rotatable bonds is 4. The van der Waals surface area contributed by atoms with Crippen molar-refractivity contribution in [3.63, 3.8) is 0 Å². The minimum atomic E-state index is -0.214. The minimum absolute atomic E-state index is 0.00958. The molecule has 0 spiro atoms. The van der Waals surface area contributed by atoms with Crippen LogP contribution in [-0.4, -0.2) is 20.1 Å². The van der Waals surface area contributed by atoms with Crippen LogP contribution in [0.2, 0.25) is 0 Å². The van der Waals surface area contributed by atoms with E-state index in [0.717, 1.165) is 22.7 Å². The molecule has 1 aromatic heterocycles. The number of methoxy groups -OCH3 is 1. The van der Waals surface area contributed by atoms with Gasteiger partial charge in [0.1, 0.15) is 11.9 Å². The number of aryl methyl sites for hydroxylation is 1. The molecule has 1 unspecified atom stereocenters. The highest BCUT2D eigenvalue weighted by molar-refractivity contribution is 7.12. The number of hydrogen-bond donors (Lipinski definition) is 0. The van der Waals surface area contributed by atoms with Crippen LogP contribution >= 0.6 is 11.3 Å². The highest BCUT2D eigenvalue weighted by Crippen LogP contribution is 2.44. The predicted molar refractivity (Wildman–Crippen MR) is 111 cm³/mol. The molecule has 1 amide bonds. The van der Waals surface area contributed by atoms with E-state index in [-0.39, 0.29) is 12.1 Å². The maximum absolute atomic E-state index is 13.5. The molecule has 2 heterocycles. The largest absolute Gasteiger partial charge is 0.495 e. The second-order valence-corrected chi connectivity index (χ2v) is 7.71. The third-order valence-corrected chi connectivity index (χ3v) is 6.24. The van der Waals surface area contributed by atoms with E-state index in [9.17, 15) is 4.79 Å². The van der Waals surface area contributed by atoms with Gasteiger partial charge in [-0.2, -0.15) is 0 Å². The van der Waals surface area contributed by atoms with Gasteiger partial charge in [0.25, 0.3) is 5.91 Å². The van der Waals surface area contributed by atoms with Crippen molar-refractivity contribution < 1.29 is 9.53 Å². The van der Waals surface area contributed by atoms with E-state index >= 15 is 0 Å². The summed E-state index contributed by atoms with van der Waals surface area (Å²) in [4.78, 5) is 20.0. The van der Waals surface area contributed by atoms with Crippen LogP contribution in [0.25, 0.3) is 0 Å². The molecule has 138 valence electrons. The van der Waals surface area contributed by atoms with Gasteiger partial charge in [0.2, 0.25) is 0 Å². The maximum Gasteiger partial charge on any atom is 0.262 e. The van der Waals surface area contributed by atoms with Crippen LogP contribution in [0, 0.1) is 0 Å². The standard InChI is InChI=1S/C22H22N2O2S/c1-4-15-13-14-20(27-15)21-23(2)17-10-6-5-9-16(17)22(25)24(21)18-11-7-8-12-19(18)26-3/h5-14,21H,4H2,1-3H3. The molecule has 4 rings (SSSR count). The van der Waals surface area contributed by atoms with Crippen molar-refractivity contribution in [2.24, 2.45) is 0 Å². The first-order valence-corrected chi connectivity index (χ1v) is 9.84. The second kappa shape index (κ2) is 7.08. The fraction of sp³-hybridized carbons (Fsp3) is 0.227. The Morgan fingerprint density at radius 2 is 1.70 bits per heavy atom. The van der Waals surface area contributed by atoms with Gasteiger partial charge in [-0.1, -0.05) is 31.2 Å². The Kier molecular flexibility index (Phi) is 4.62. The van der Waals surface area contributed by atoms with E-state index in [0.29, 0.717) is 11.3 Å². The van der Waals surface area contributed by atoms with E-state index in [4.69, 9.17) is 4.74 Å². The molecular formula is C22H22N2O2S. The first kappa shape index (κ1) is 17.6. The number of anilines is 2. The Balaban J connectivity index is 1.93. The van der Waals surface area contributed by atoms with Gasteiger partial charge in [0.05, 0.1) is 24.0 Å². The van der Waals surface area contributed by atoms with Gasteiger partial charge in [-0.25, -0.2) is 0 Å². The van der Waals surface area contributed by atoms with Crippen LogP contribution in [0.3, 0.4) is 0 Å². The Morgan fingerprint density at radius 3 is 2.41 bits per heavy atom. The summed E-state index contributed by atoms with van der Waals surface area (Å²) in [5.74, 6) is 0.681. The fourth-order valence-corrected chi connectivity index (χ4v) is 4.71. The van der Waals surface area contributed by atoms with Gasteiger partial charge in [-0.05, 0) is 42.8 Å². The lowest BCUT2D eigenvalue weighted by molar-refractivity contribution is 0.0969. The summed E-state index contributed by atoms with van der Waals surface area (Å²) in [6.45, 7) is 2.15. The van der Waals surface area contributed by atoms with Crippen molar-refractivity contribution >= 4 is 28.6 Å². The predicted octanol–water partition coefficient (Wildman–Crippen LogP) is 5.11. The first-order chi connectivity index (χ1) is 13.2. The summed E-state index contributed by atoms with van der Waals surface area (Å²) < 4.78 is 5.57. The van der Waals surface area contributed by atoms with Crippen molar-refractivity contribution in [2.75, 3.05) is 24.0 Å². The van der Waals surface area contributed by atoms with Crippen LogP contribution in [0.5, 0.6) is 5.75 Å². The molecule has 0 radical (unpaired) electrons. The summed E-state index contributed by atoms with van der Waals surface area (Å²) in [5, 5.41) is 0. The first-order valence-electron chi connectivity index (χ1n) is 9.02. The third kappa shape index (κ3) is 2.88. The number of nitrogens with zero attached hydrogens (tertiary/aromatic N) is 2.